The summed E-state index contributed by atoms with van der Waals surface area (Å²) < 4.78 is 43.7. The van der Waals surface area contributed by atoms with Crippen LogP contribution in [-0.4, -0.2) is 51.3 Å². The van der Waals surface area contributed by atoms with Gasteiger partial charge in [0.15, 0.2) is 12.4 Å². The minimum atomic E-state index is -3.20. The lowest BCUT2D eigenvalue weighted by molar-refractivity contribution is -0.146. The van der Waals surface area contributed by atoms with Crippen LogP contribution in [-0.2, 0) is 30.0 Å². The summed E-state index contributed by atoms with van der Waals surface area (Å²) in [4.78, 5) is 30.2. The highest BCUT2D eigenvalue weighted by Crippen LogP contribution is 2.41. The van der Waals surface area contributed by atoms with E-state index in [2.05, 4.69) is 20.1 Å². The van der Waals surface area contributed by atoms with Crippen molar-refractivity contribution in [1.82, 2.24) is 14.6 Å². The maximum atomic E-state index is 15.0. The van der Waals surface area contributed by atoms with E-state index in [-0.39, 0.29) is 12.4 Å². The molecule has 2 aromatic rings. The first-order valence-electron chi connectivity index (χ1n) is 10.2. The number of carbonyl (C=O) groups is 1. The third-order valence-electron chi connectivity index (χ3n) is 5.01. The van der Waals surface area contributed by atoms with Gasteiger partial charge in [-0.1, -0.05) is 35.4 Å². The number of nitrogens with zero attached hydrogens (tertiary/aromatic N) is 5. The molecule has 14 nitrogen and oxygen atoms in total. The lowest BCUT2D eigenvalue weighted by Gasteiger charge is -2.25. The Labute approximate surface area is 198 Å². The van der Waals surface area contributed by atoms with E-state index in [4.69, 9.17) is 25.3 Å². The van der Waals surface area contributed by atoms with Crippen LogP contribution in [0, 0.1) is 0 Å². The van der Waals surface area contributed by atoms with Crippen molar-refractivity contribution in [1.29, 1.82) is 0 Å². The predicted octanol–water partition coefficient (Wildman–Crippen LogP) is 1.19. The van der Waals surface area contributed by atoms with Crippen molar-refractivity contribution < 1.29 is 32.9 Å². The second-order valence-electron chi connectivity index (χ2n) is 7.51. The van der Waals surface area contributed by atoms with Gasteiger partial charge in [0.05, 0.1) is 6.61 Å². The number of nitrogens with two attached hydrogens (primary N) is 1. The van der Waals surface area contributed by atoms with Crippen LogP contribution in [0.2, 0.25) is 0 Å². The Morgan fingerprint density at radius 2 is 2.20 bits per heavy atom. The summed E-state index contributed by atoms with van der Waals surface area (Å²) in [6.45, 7) is 0.482. The molecule has 0 spiro atoms. The number of benzene rings is 1. The molecule has 1 saturated heterocycles. The van der Waals surface area contributed by atoms with E-state index in [1.54, 1.807) is 24.3 Å². The summed E-state index contributed by atoms with van der Waals surface area (Å²) >= 11 is 0. The highest BCUT2D eigenvalue weighted by Gasteiger charge is 2.57. The van der Waals surface area contributed by atoms with Crippen molar-refractivity contribution in [2.75, 3.05) is 12.3 Å². The summed E-state index contributed by atoms with van der Waals surface area (Å²) in [5, 5.41) is 15.9. The molecule has 0 bridgehead atoms. The number of nitrogen functional groups attached to an aromatic ring is 1. The van der Waals surface area contributed by atoms with E-state index in [0.29, 0.717) is 0 Å². The summed E-state index contributed by atoms with van der Waals surface area (Å²) in [6.07, 6.45) is -4.85. The second-order valence-corrected chi connectivity index (χ2v) is 8.67. The fourth-order valence-electron chi connectivity index (χ4n) is 3.19. The van der Waals surface area contributed by atoms with Crippen molar-refractivity contribution in [3.63, 3.8) is 0 Å². The molecule has 1 aliphatic heterocycles. The number of carbonyl (C=O) groups excluding carboxylic acids is 1. The Morgan fingerprint density at radius 1 is 1.49 bits per heavy atom. The maximum Gasteiger partial charge on any atom is 0.351 e. The highest BCUT2D eigenvalue weighted by atomic mass is 31.1. The smallest absolute Gasteiger partial charge is 0.351 e. The number of anilines is 1. The maximum absolute atomic E-state index is 15.0. The molecule has 4 N–H and O–H groups in total. The zero-order valence-corrected chi connectivity index (χ0v) is 19.4. The minimum absolute atomic E-state index is 0.00346. The first kappa shape index (κ1) is 26.3. The molecule has 2 heterocycles. The van der Waals surface area contributed by atoms with Gasteiger partial charge in [0.25, 0.3) is 8.18 Å². The van der Waals surface area contributed by atoms with Crippen LogP contribution in [0.5, 0.6) is 0 Å². The van der Waals surface area contributed by atoms with E-state index >= 15 is 4.39 Å². The number of esters is 1. The first-order valence-corrected chi connectivity index (χ1v) is 11.5. The van der Waals surface area contributed by atoms with Gasteiger partial charge in [-0.05, 0) is 24.1 Å². The molecule has 0 saturated carbocycles. The van der Waals surface area contributed by atoms with Gasteiger partial charge in [0, 0.05) is 11.1 Å². The number of nitrogens with one attached hydrogen (secondary N) is 1. The topological polar surface area (TPSA) is 204 Å². The lowest BCUT2D eigenvalue weighted by atomic mass is 10.1. The molecule has 3 rings (SSSR count). The van der Waals surface area contributed by atoms with Gasteiger partial charge >= 0.3 is 11.7 Å². The van der Waals surface area contributed by atoms with Crippen LogP contribution in [0.25, 0.3) is 10.4 Å². The number of aliphatic hydroxyl groups excluding tert-OH is 1. The monoisotopic (exact) mass is 511 g/mol. The third kappa shape index (κ3) is 6.22. The molecule has 1 aromatic carbocycles. The van der Waals surface area contributed by atoms with Crippen molar-refractivity contribution in [3.05, 3.63) is 69.1 Å². The summed E-state index contributed by atoms with van der Waals surface area (Å²) in [5.74, 6) is -0.826. The zero-order chi connectivity index (χ0) is 25.6. The number of ether oxygens (including phenoxy) is 2. The number of aliphatic hydroxyl groups is 1. The number of alkyl halides is 1. The Kier molecular flexibility index (Phi) is 8.57. The zero-order valence-electron chi connectivity index (χ0n) is 18.4. The van der Waals surface area contributed by atoms with Crippen molar-refractivity contribution in [2.24, 2.45) is 5.11 Å². The number of aromatic nitrogens is 2. The van der Waals surface area contributed by atoms with Gasteiger partial charge in [0.1, 0.15) is 24.6 Å². The SMILES string of the molecule is C[C@H](N[PH](=O)OC[C@@]1(N=[N+]=[N-])O[C@@H](n2ccc(N)nc2=O)[C@H](O)[C@@H]1F)C(=O)OCc1ccccc1. The highest BCUT2D eigenvalue weighted by molar-refractivity contribution is 7.36. The third-order valence-corrected chi connectivity index (χ3v) is 6.08. The van der Waals surface area contributed by atoms with E-state index in [0.717, 1.165) is 16.3 Å². The normalized spacial score (nSPS) is 25.4. The summed E-state index contributed by atoms with van der Waals surface area (Å²) in [6, 6.07) is 9.06. The molecule has 1 aliphatic rings. The van der Waals surface area contributed by atoms with E-state index < -0.39 is 56.7 Å². The van der Waals surface area contributed by atoms with Crippen LogP contribution in [0.3, 0.4) is 0 Å². The van der Waals surface area contributed by atoms with Crippen LogP contribution in [0.4, 0.5) is 10.2 Å². The number of halogens is 1. The van der Waals surface area contributed by atoms with Crippen LogP contribution < -0.4 is 16.5 Å². The van der Waals surface area contributed by atoms with Gasteiger partial charge in [-0.25, -0.2) is 14.3 Å². The fraction of sp³-hybridized carbons (Fsp3) is 0.421. The molecule has 0 radical (unpaired) electrons. The quantitative estimate of drug-likeness (QED) is 0.137. The van der Waals surface area contributed by atoms with Gasteiger partial charge in [-0.15, -0.1) is 0 Å². The fourth-order valence-corrected chi connectivity index (χ4v) is 4.09. The molecular weight excluding hydrogens is 488 g/mol. The van der Waals surface area contributed by atoms with Gasteiger partial charge < -0.3 is 24.8 Å². The molecule has 16 heteroatoms. The predicted molar refractivity (Wildman–Crippen MR) is 120 cm³/mol. The van der Waals surface area contributed by atoms with Crippen LogP contribution >= 0.6 is 8.18 Å². The molecule has 0 amide bonds. The van der Waals surface area contributed by atoms with Gasteiger partial charge in [-0.3, -0.25) is 13.9 Å². The van der Waals surface area contributed by atoms with Gasteiger partial charge in [0.2, 0.25) is 5.72 Å². The molecule has 1 unspecified atom stereocenters. The molecule has 188 valence electrons. The summed E-state index contributed by atoms with van der Waals surface area (Å²) in [7, 11) is -3.20. The van der Waals surface area contributed by atoms with E-state index in [1.807, 2.05) is 6.07 Å². The second kappa shape index (κ2) is 11.4. The van der Waals surface area contributed by atoms with Crippen LogP contribution in [0.1, 0.15) is 18.7 Å². The number of azide groups is 1. The van der Waals surface area contributed by atoms with Crippen molar-refractivity contribution in [2.45, 2.75) is 43.8 Å². The van der Waals surface area contributed by atoms with Crippen LogP contribution in [0.15, 0.2) is 52.5 Å². The average molecular weight is 511 g/mol. The molecule has 6 atom stereocenters. The van der Waals surface area contributed by atoms with Crippen molar-refractivity contribution >= 4 is 20.0 Å². The Balaban J connectivity index is 1.62. The van der Waals surface area contributed by atoms with Crippen molar-refractivity contribution in [3.8, 4) is 0 Å². The Hall–Kier alpha value is -3.32. The first-order chi connectivity index (χ1) is 16.7. The average Bonchev–Trinajstić information content (AvgIpc) is 3.07. The van der Waals surface area contributed by atoms with E-state index in [9.17, 15) is 19.3 Å². The lowest BCUT2D eigenvalue weighted by Crippen LogP contribution is -2.42. The molecule has 0 aliphatic carbocycles. The Bertz CT molecular complexity index is 1180. The number of hydrogen-bond donors (Lipinski definition) is 3. The molecule has 1 fully saturated rings. The molecule has 1 aromatic heterocycles. The van der Waals surface area contributed by atoms with E-state index in [1.165, 1.54) is 13.0 Å². The Morgan fingerprint density at radius 3 is 2.86 bits per heavy atom. The van der Waals surface area contributed by atoms with Gasteiger partial charge in [-0.2, -0.15) is 4.98 Å². The molecular formula is C19H23FN7O7P. The largest absolute Gasteiger partial charge is 0.460 e. The molecule has 35 heavy (non-hydrogen) atoms. The standard InChI is InChI=1S/C19H23FN7O7P/c1-11(17(29)32-9-12-5-3-2-4-6-12)24-35(31)33-10-19(25-26-22)15(20)14(28)16(34-19)27-8-7-13(21)23-18(27)30/h2-8,11,14-16,28,35H,9-10H2,1H3,(H,24,31)(H2,21,23,30)/t11-,14+,15-,16+,19+/m0/s1. The number of rotatable bonds is 10. The number of hydrogen-bond acceptors (Lipinski definition) is 10. The minimum Gasteiger partial charge on any atom is -0.460 e. The summed E-state index contributed by atoms with van der Waals surface area (Å²) in [5.41, 5.74) is 11.7.